The fourth-order valence-electron chi connectivity index (χ4n) is 3.13. The highest BCUT2D eigenvalue weighted by Crippen LogP contribution is 2.32. The molecular weight excluding hydrogens is 468 g/mol. The molecule has 30 heavy (non-hydrogen) atoms. The van der Waals surface area contributed by atoms with Gasteiger partial charge in [-0.05, 0) is 18.2 Å². The standard InChI is InChI=1S/C16H13Cl2F3N6O2S/c17-9-1-2-10(18)11(7-9)30(28,29)27-5-3-26(4-6-27)14-12-13(23-8-22-12)24-15(25-14)16(19,20)21/h1-2,7-8H,3-6H2,(H,22,23,24,25). The van der Waals surface area contributed by atoms with Crippen LogP contribution in [0.1, 0.15) is 5.82 Å². The molecule has 0 saturated carbocycles. The number of alkyl halides is 3. The van der Waals surface area contributed by atoms with Crippen molar-refractivity contribution in [2.24, 2.45) is 0 Å². The highest BCUT2D eigenvalue weighted by atomic mass is 35.5. The number of aromatic nitrogens is 4. The molecule has 0 atom stereocenters. The third kappa shape index (κ3) is 3.80. The summed E-state index contributed by atoms with van der Waals surface area (Å²) in [6.45, 7) is 0.262. The number of benzene rings is 1. The smallest absolute Gasteiger partial charge is 0.352 e. The Kier molecular flexibility index (Phi) is 5.29. The first-order chi connectivity index (χ1) is 14.1. The summed E-state index contributed by atoms with van der Waals surface area (Å²) in [4.78, 5) is 15.1. The summed E-state index contributed by atoms with van der Waals surface area (Å²) in [5.41, 5.74) is 0.130. The van der Waals surface area contributed by atoms with Crippen LogP contribution < -0.4 is 4.90 Å². The van der Waals surface area contributed by atoms with Crippen LogP contribution >= 0.6 is 23.2 Å². The summed E-state index contributed by atoms with van der Waals surface area (Å²) < 4.78 is 66.5. The lowest BCUT2D eigenvalue weighted by Gasteiger charge is -2.35. The number of piperazine rings is 1. The van der Waals surface area contributed by atoms with Crippen LogP contribution in [0.2, 0.25) is 10.0 Å². The fraction of sp³-hybridized carbons (Fsp3) is 0.312. The Bertz CT molecular complexity index is 1210. The van der Waals surface area contributed by atoms with E-state index in [1.54, 1.807) is 4.90 Å². The van der Waals surface area contributed by atoms with Gasteiger partial charge in [-0.25, -0.2) is 23.4 Å². The van der Waals surface area contributed by atoms with Gasteiger partial charge >= 0.3 is 6.18 Å². The Hall–Kier alpha value is -2.15. The SMILES string of the molecule is O=S(=O)(c1cc(Cl)ccc1Cl)N1CCN(c2nc(C(F)(F)F)nc3nc[nH]c23)CC1. The largest absolute Gasteiger partial charge is 0.451 e. The molecule has 1 aliphatic heterocycles. The van der Waals surface area contributed by atoms with Gasteiger partial charge in [-0.2, -0.15) is 17.5 Å². The number of nitrogens with one attached hydrogen (secondary N) is 1. The number of fused-ring (bicyclic) bond motifs is 1. The van der Waals surface area contributed by atoms with Crippen molar-refractivity contribution in [3.63, 3.8) is 0 Å². The number of imidazole rings is 1. The summed E-state index contributed by atoms with van der Waals surface area (Å²) in [7, 11) is -3.93. The lowest BCUT2D eigenvalue weighted by atomic mass is 10.3. The molecule has 0 spiro atoms. The van der Waals surface area contributed by atoms with Crippen molar-refractivity contribution in [1.29, 1.82) is 0 Å². The van der Waals surface area contributed by atoms with Crippen LogP contribution in [0.25, 0.3) is 11.2 Å². The van der Waals surface area contributed by atoms with E-state index in [1.165, 1.54) is 28.8 Å². The van der Waals surface area contributed by atoms with Gasteiger partial charge in [0, 0.05) is 31.2 Å². The Morgan fingerprint density at radius 3 is 2.43 bits per heavy atom. The highest BCUT2D eigenvalue weighted by molar-refractivity contribution is 7.89. The van der Waals surface area contributed by atoms with Crippen molar-refractivity contribution in [3.05, 3.63) is 40.4 Å². The van der Waals surface area contributed by atoms with Gasteiger partial charge in [0.05, 0.1) is 11.3 Å². The van der Waals surface area contributed by atoms with Gasteiger partial charge in [-0.3, -0.25) is 0 Å². The Morgan fingerprint density at radius 2 is 1.77 bits per heavy atom. The van der Waals surface area contributed by atoms with E-state index < -0.39 is 22.0 Å². The van der Waals surface area contributed by atoms with Gasteiger partial charge in [-0.1, -0.05) is 23.2 Å². The van der Waals surface area contributed by atoms with E-state index in [-0.39, 0.29) is 58.1 Å². The van der Waals surface area contributed by atoms with Gasteiger partial charge in [-0.15, -0.1) is 0 Å². The molecule has 1 saturated heterocycles. The summed E-state index contributed by atoms with van der Waals surface area (Å²) in [6.07, 6.45) is -3.51. The van der Waals surface area contributed by atoms with Crippen LogP contribution in [-0.4, -0.2) is 58.8 Å². The number of sulfonamides is 1. The van der Waals surface area contributed by atoms with Crippen molar-refractivity contribution in [1.82, 2.24) is 24.2 Å². The summed E-state index contributed by atoms with van der Waals surface area (Å²) in [6, 6.07) is 4.13. The third-order valence-electron chi connectivity index (χ3n) is 4.57. The molecule has 0 radical (unpaired) electrons. The summed E-state index contributed by atoms with van der Waals surface area (Å²) in [5.74, 6) is -1.29. The first kappa shape index (κ1) is 21.1. The van der Waals surface area contributed by atoms with Crippen molar-refractivity contribution in [2.45, 2.75) is 11.1 Å². The molecule has 0 bridgehead atoms. The lowest BCUT2D eigenvalue weighted by molar-refractivity contribution is -0.144. The summed E-state index contributed by atoms with van der Waals surface area (Å²) in [5, 5.41) is 0.255. The topological polar surface area (TPSA) is 95.1 Å². The van der Waals surface area contributed by atoms with E-state index in [2.05, 4.69) is 19.9 Å². The minimum absolute atomic E-state index is 0.0164. The molecule has 14 heteroatoms. The molecule has 0 unspecified atom stereocenters. The molecule has 0 aliphatic carbocycles. The van der Waals surface area contributed by atoms with Gasteiger partial charge in [0.2, 0.25) is 15.8 Å². The second kappa shape index (κ2) is 7.52. The van der Waals surface area contributed by atoms with Gasteiger partial charge in [0.1, 0.15) is 10.4 Å². The molecule has 3 aromatic rings. The van der Waals surface area contributed by atoms with E-state index in [0.29, 0.717) is 0 Å². The first-order valence-corrected chi connectivity index (χ1v) is 10.8. The van der Waals surface area contributed by atoms with Crippen LogP contribution in [0.5, 0.6) is 0 Å². The Labute approximate surface area is 178 Å². The van der Waals surface area contributed by atoms with Crippen LogP contribution in [0.3, 0.4) is 0 Å². The quantitative estimate of drug-likeness (QED) is 0.618. The number of anilines is 1. The van der Waals surface area contributed by atoms with Crippen LogP contribution in [-0.2, 0) is 16.2 Å². The van der Waals surface area contributed by atoms with Gasteiger partial charge < -0.3 is 9.88 Å². The van der Waals surface area contributed by atoms with E-state index in [0.717, 1.165) is 0 Å². The van der Waals surface area contributed by atoms with Crippen LogP contribution in [0.15, 0.2) is 29.4 Å². The normalized spacial score (nSPS) is 16.4. The third-order valence-corrected chi connectivity index (χ3v) is 7.18. The fourth-order valence-corrected chi connectivity index (χ4v) is 5.29. The number of rotatable bonds is 3. The molecule has 3 heterocycles. The predicted octanol–water partition coefficient (Wildman–Crippen LogP) is 3.19. The molecule has 1 fully saturated rings. The highest BCUT2D eigenvalue weighted by Gasteiger charge is 2.37. The number of halogens is 5. The molecule has 8 nitrogen and oxygen atoms in total. The van der Waals surface area contributed by atoms with Crippen LogP contribution in [0.4, 0.5) is 19.0 Å². The maximum Gasteiger partial charge on any atom is 0.451 e. The van der Waals surface area contributed by atoms with Crippen LogP contribution in [0, 0.1) is 0 Å². The number of aromatic amines is 1. The van der Waals surface area contributed by atoms with Crippen molar-refractivity contribution in [2.75, 3.05) is 31.1 Å². The zero-order valence-electron chi connectivity index (χ0n) is 15.0. The Morgan fingerprint density at radius 1 is 1.07 bits per heavy atom. The van der Waals surface area contributed by atoms with E-state index in [9.17, 15) is 21.6 Å². The monoisotopic (exact) mass is 480 g/mol. The molecule has 1 aliphatic rings. The molecule has 4 rings (SSSR count). The maximum absolute atomic E-state index is 13.2. The lowest BCUT2D eigenvalue weighted by Crippen LogP contribution is -2.49. The molecule has 160 valence electrons. The molecular formula is C16H13Cl2F3N6O2S. The second-order valence-corrected chi connectivity index (χ2v) is 9.19. The van der Waals surface area contributed by atoms with E-state index in [4.69, 9.17) is 23.2 Å². The number of H-pyrrole nitrogens is 1. The van der Waals surface area contributed by atoms with Crippen molar-refractivity contribution in [3.8, 4) is 0 Å². The number of hydrogen-bond acceptors (Lipinski definition) is 6. The average Bonchev–Trinajstić information content (AvgIpc) is 3.17. The molecule has 2 aromatic heterocycles. The number of nitrogens with zero attached hydrogens (tertiary/aromatic N) is 5. The Balaban J connectivity index is 1.61. The van der Waals surface area contributed by atoms with E-state index in [1.807, 2.05) is 0 Å². The predicted molar refractivity (Wildman–Crippen MR) is 104 cm³/mol. The van der Waals surface area contributed by atoms with Gasteiger partial charge in [0.25, 0.3) is 0 Å². The number of hydrogen-bond donors (Lipinski definition) is 1. The molecule has 0 amide bonds. The minimum atomic E-state index is -4.74. The summed E-state index contributed by atoms with van der Waals surface area (Å²) >= 11 is 11.9. The van der Waals surface area contributed by atoms with E-state index >= 15 is 0 Å². The molecule has 1 N–H and O–H groups in total. The van der Waals surface area contributed by atoms with Crippen molar-refractivity contribution < 1.29 is 21.6 Å². The minimum Gasteiger partial charge on any atom is -0.352 e. The molecule has 1 aromatic carbocycles. The van der Waals surface area contributed by atoms with Crippen molar-refractivity contribution >= 4 is 50.2 Å². The zero-order valence-corrected chi connectivity index (χ0v) is 17.3. The zero-order chi connectivity index (χ0) is 21.7. The first-order valence-electron chi connectivity index (χ1n) is 8.56. The van der Waals surface area contributed by atoms with Gasteiger partial charge in [0.15, 0.2) is 11.5 Å². The second-order valence-electron chi connectivity index (χ2n) is 6.44. The maximum atomic E-state index is 13.2. The average molecular weight is 481 g/mol.